The van der Waals surface area contributed by atoms with Crippen LogP contribution in [0.2, 0.25) is 0 Å². The highest BCUT2D eigenvalue weighted by molar-refractivity contribution is 6.30. The van der Waals surface area contributed by atoms with Crippen LogP contribution in [0.1, 0.15) is 78.1 Å². The minimum absolute atomic E-state index is 0.00343. The van der Waals surface area contributed by atoms with Crippen LogP contribution < -0.4 is 16.0 Å². The molecule has 4 saturated carbocycles. The second-order valence-corrected chi connectivity index (χ2v) is 12.4. The van der Waals surface area contributed by atoms with Crippen LogP contribution in [0.4, 0.5) is 0 Å². The molecule has 6 atom stereocenters. The molecule has 10 heteroatoms. The van der Waals surface area contributed by atoms with E-state index in [0.717, 1.165) is 38.5 Å². The van der Waals surface area contributed by atoms with Gasteiger partial charge in [0.25, 0.3) is 0 Å². The van der Waals surface area contributed by atoms with E-state index in [1.54, 1.807) is 0 Å². The minimum atomic E-state index is -0.712. The number of piperidine rings is 1. The average Bonchev–Trinajstić information content (AvgIpc) is 2.81. The summed E-state index contributed by atoms with van der Waals surface area (Å²) in [5, 5.41) is 20.5. The molecule has 1 saturated heterocycles. The summed E-state index contributed by atoms with van der Waals surface area (Å²) in [6, 6.07) is -0.236. The Morgan fingerprint density at radius 3 is 2.34 bits per heavy atom. The lowest BCUT2D eigenvalue weighted by Gasteiger charge is -2.56. The molecule has 0 aromatic rings. The molecule has 2 bridgehead atoms. The van der Waals surface area contributed by atoms with Gasteiger partial charge in [-0.25, -0.2) is 0 Å². The van der Waals surface area contributed by atoms with Gasteiger partial charge in [0.05, 0.1) is 46.8 Å². The lowest BCUT2D eigenvalue weighted by Crippen LogP contribution is -2.71. The molecule has 8 nitrogen and oxygen atoms in total. The van der Waals surface area contributed by atoms with E-state index in [1.807, 2.05) is 13.8 Å². The first kappa shape index (κ1) is 27.4. The highest BCUT2D eigenvalue weighted by atomic mass is 35.5. The lowest BCUT2D eigenvalue weighted by atomic mass is 9.59. The van der Waals surface area contributed by atoms with Crippen molar-refractivity contribution in [1.82, 2.24) is 16.0 Å². The highest BCUT2D eigenvalue weighted by Crippen LogP contribution is 2.47. The molecular formula is C25H41Cl2N3O5. The van der Waals surface area contributed by atoms with Crippen molar-refractivity contribution < 1.29 is 24.2 Å². The van der Waals surface area contributed by atoms with Crippen molar-refractivity contribution in [1.29, 1.82) is 0 Å². The molecule has 4 N–H and O–H groups in total. The molecule has 5 unspecified atom stereocenters. The smallest absolute Gasteiger partial charge is 0.246 e. The van der Waals surface area contributed by atoms with Crippen LogP contribution >= 0.6 is 23.2 Å². The topological polar surface area (TPSA) is 109 Å². The maximum Gasteiger partial charge on any atom is 0.246 e. The summed E-state index contributed by atoms with van der Waals surface area (Å²) in [7, 11) is 0. The molecule has 0 spiro atoms. The zero-order chi connectivity index (χ0) is 25.2. The lowest BCUT2D eigenvalue weighted by molar-refractivity contribution is -0.140. The fourth-order valence-corrected chi connectivity index (χ4v) is 6.82. The zero-order valence-electron chi connectivity index (χ0n) is 20.9. The second-order valence-electron chi connectivity index (χ2n) is 11.3. The van der Waals surface area contributed by atoms with Gasteiger partial charge >= 0.3 is 0 Å². The molecule has 2 amide bonds. The van der Waals surface area contributed by atoms with Crippen LogP contribution in [0.25, 0.3) is 0 Å². The zero-order valence-corrected chi connectivity index (χ0v) is 22.4. The van der Waals surface area contributed by atoms with Gasteiger partial charge in [-0.05, 0) is 78.1 Å². The third-order valence-electron chi connectivity index (χ3n) is 8.34. The summed E-state index contributed by atoms with van der Waals surface area (Å²) in [5.74, 6) is -0.220. The first-order valence-electron chi connectivity index (χ1n) is 13.2. The van der Waals surface area contributed by atoms with Crippen LogP contribution in [0.15, 0.2) is 0 Å². The number of rotatable bonds is 8. The van der Waals surface area contributed by atoms with Crippen molar-refractivity contribution in [3.63, 3.8) is 0 Å². The Morgan fingerprint density at radius 2 is 1.74 bits per heavy atom. The number of carbonyl (C=O) groups is 2. The van der Waals surface area contributed by atoms with Gasteiger partial charge in [-0.2, -0.15) is 0 Å². The monoisotopic (exact) mass is 533 g/mol. The molecule has 5 aliphatic rings. The van der Waals surface area contributed by atoms with Crippen LogP contribution in [0.5, 0.6) is 0 Å². The van der Waals surface area contributed by atoms with Crippen LogP contribution in [0.3, 0.4) is 0 Å². The van der Waals surface area contributed by atoms with Gasteiger partial charge in [-0.15, -0.1) is 23.2 Å². The Morgan fingerprint density at radius 1 is 1.03 bits per heavy atom. The molecule has 0 aromatic carbocycles. The van der Waals surface area contributed by atoms with Crippen LogP contribution in [0, 0.1) is 0 Å². The van der Waals surface area contributed by atoms with E-state index in [9.17, 15) is 14.7 Å². The number of halogens is 2. The third kappa shape index (κ3) is 6.63. The largest absolute Gasteiger partial charge is 0.391 e. The van der Waals surface area contributed by atoms with Crippen molar-refractivity contribution in [2.75, 3.05) is 13.2 Å². The molecule has 200 valence electrons. The molecule has 1 heterocycles. The standard InChI is InChI=1S/C25H41Cl2N3O5/c1-15(2)35-17-4-6-20(28-13-17)23(33)30-24-7-9-25(10-8-24,21(31)12-24)29-22(32)14-34-16-3-5-18(26)19(27)11-16/h15-21,28,31H,3-14H2,1-2H3,(H,29,32)(H,30,33)/t16?,17?,18?,19?,20?,21-,24?,25?/m0/s1. The Kier molecular flexibility index (Phi) is 8.92. The fourth-order valence-electron chi connectivity index (χ4n) is 6.27. The maximum absolute atomic E-state index is 13.0. The number of alkyl halides is 2. The molecule has 35 heavy (non-hydrogen) atoms. The quantitative estimate of drug-likeness (QED) is 0.356. The molecule has 4 aliphatic carbocycles. The van der Waals surface area contributed by atoms with Crippen molar-refractivity contribution >= 4 is 35.0 Å². The molecule has 1 aliphatic heterocycles. The number of aliphatic hydroxyl groups excluding tert-OH is 1. The first-order valence-corrected chi connectivity index (χ1v) is 14.1. The number of carbonyl (C=O) groups excluding carboxylic acids is 2. The van der Waals surface area contributed by atoms with E-state index in [4.69, 9.17) is 32.7 Å². The van der Waals surface area contributed by atoms with Crippen molar-refractivity contribution in [3.05, 3.63) is 0 Å². The van der Waals surface area contributed by atoms with Crippen LogP contribution in [-0.2, 0) is 19.1 Å². The Hall–Kier alpha value is -0.640. The summed E-state index contributed by atoms with van der Waals surface area (Å²) < 4.78 is 11.7. The maximum atomic E-state index is 13.0. The van der Waals surface area contributed by atoms with Crippen LogP contribution in [-0.4, -0.2) is 82.4 Å². The van der Waals surface area contributed by atoms with Gasteiger partial charge in [0.2, 0.25) is 11.8 Å². The number of aliphatic hydroxyl groups is 1. The first-order chi connectivity index (χ1) is 16.6. The van der Waals surface area contributed by atoms with E-state index < -0.39 is 17.2 Å². The summed E-state index contributed by atoms with van der Waals surface area (Å²) in [6.07, 6.45) is 6.51. The molecule has 5 rings (SSSR count). The van der Waals surface area contributed by atoms with Crippen molar-refractivity contribution in [2.24, 2.45) is 0 Å². The minimum Gasteiger partial charge on any atom is -0.391 e. The van der Waals surface area contributed by atoms with Crippen molar-refractivity contribution in [2.45, 2.75) is 130 Å². The number of fused-ring (bicyclic) bond motifs is 3. The van der Waals surface area contributed by atoms with E-state index in [0.29, 0.717) is 32.2 Å². The molecular weight excluding hydrogens is 493 g/mol. The predicted molar refractivity (Wildman–Crippen MR) is 135 cm³/mol. The highest BCUT2D eigenvalue weighted by Gasteiger charge is 2.55. The SMILES string of the molecule is CC(C)OC1CCC(C(=O)NC23CCC(NC(=O)COC4CCC(Cl)C(Cl)C4)(CC2)[C@@H](O)C3)NC1. The van der Waals surface area contributed by atoms with E-state index >= 15 is 0 Å². The average molecular weight is 535 g/mol. The number of ether oxygens (including phenoxy) is 2. The van der Waals surface area contributed by atoms with Gasteiger partial charge in [0.1, 0.15) is 6.61 Å². The summed E-state index contributed by atoms with van der Waals surface area (Å²) in [4.78, 5) is 25.7. The third-order valence-corrected chi connectivity index (χ3v) is 9.48. The van der Waals surface area contributed by atoms with Gasteiger partial charge < -0.3 is 30.5 Å². The molecule has 0 aromatic heterocycles. The Balaban J connectivity index is 1.23. The predicted octanol–water partition coefficient (Wildman–Crippen LogP) is 2.36. The fraction of sp³-hybridized carbons (Fsp3) is 0.920. The molecule has 5 fully saturated rings. The second kappa shape index (κ2) is 11.4. The summed E-state index contributed by atoms with van der Waals surface area (Å²) in [6.45, 7) is 4.66. The number of nitrogens with one attached hydrogen (secondary N) is 3. The van der Waals surface area contributed by atoms with E-state index in [1.165, 1.54) is 0 Å². The number of amides is 2. The summed E-state index contributed by atoms with van der Waals surface area (Å²) in [5.41, 5.74) is -1.07. The van der Waals surface area contributed by atoms with Gasteiger partial charge in [0.15, 0.2) is 0 Å². The van der Waals surface area contributed by atoms with E-state index in [-0.39, 0.29) is 53.5 Å². The van der Waals surface area contributed by atoms with Gasteiger partial charge in [-0.3, -0.25) is 9.59 Å². The Labute approximate surface area is 218 Å². The number of hydrogen-bond acceptors (Lipinski definition) is 6. The Bertz CT molecular complexity index is 753. The number of hydrogen-bond donors (Lipinski definition) is 4. The van der Waals surface area contributed by atoms with Gasteiger partial charge in [-0.1, -0.05) is 0 Å². The normalized spacial score (nSPS) is 41.5. The molecule has 0 radical (unpaired) electrons. The van der Waals surface area contributed by atoms with E-state index in [2.05, 4.69) is 16.0 Å². The summed E-state index contributed by atoms with van der Waals surface area (Å²) >= 11 is 12.4. The van der Waals surface area contributed by atoms with Crippen molar-refractivity contribution in [3.8, 4) is 0 Å². The van der Waals surface area contributed by atoms with Gasteiger partial charge in [0, 0.05) is 12.1 Å².